The minimum absolute atomic E-state index is 0. The molecular weight excluding hydrogens is 315 g/mol. The van der Waals surface area contributed by atoms with Crippen molar-refractivity contribution in [1.29, 1.82) is 0 Å². The summed E-state index contributed by atoms with van der Waals surface area (Å²) in [6, 6.07) is 5.98. The normalized spacial score (nSPS) is 12.0. The van der Waals surface area contributed by atoms with Crippen molar-refractivity contribution in [2.24, 2.45) is 0 Å². The molecule has 4 nitrogen and oxygen atoms in total. The van der Waals surface area contributed by atoms with E-state index in [2.05, 4.69) is 4.98 Å². The van der Waals surface area contributed by atoms with Crippen molar-refractivity contribution in [3.05, 3.63) is 51.2 Å². The number of hydrogen-bond acceptors (Lipinski definition) is 4. The molecule has 0 aliphatic rings. The summed E-state index contributed by atoms with van der Waals surface area (Å²) in [5.41, 5.74) is 1.38. The molecule has 1 aromatic heterocycles. The first-order chi connectivity index (χ1) is 9.40. The predicted octanol–water partition coefficient (Wildman–Crippen LogP) is 3.36. The van der Waals surface area contributed by atoms with Gasteiger partial charge in [-0.25, -0.2) is 14.2 Å². The Hall–Kier alpha value is -1.50. The number of thiazole rings is 1. The maximum Gasteiger partial charge on any atom is 0.347 e. The maximum absolute atomic E-state index is 13.0. The standard InChI is InChI=1S/C14H15FN2O2S.ClH/c1-8-12(14(18)19)20-13(16-8)11(17(2)3)9-4-6-10(15)7-5-9;/h4-7,11H,1-3H3,(H,18,19);1H. The molecule has 21 heavy (non-hydrogen) atoms. The van der Waals surface area contributed by atoms with E-state index in [1.807, 2.05) is 19.0 Å². The maximum atomic E-state index is 13.0. The van der Waals surface area contributed by atoms with Gasteiger partial charge in [-0.05, 0) is 38.7 Å². The van der Waals surface area contributed by atoms with Gasteiger partial charge >= 0.3 is 5.97 Å². The van der Waals surface area contributed by atoms with Crippen LogP contribution in [0.4, 0.5) is 4.39 Å². The number of carboxylic acid groups (broad SMARTS) is 1. The van der Waals surface area contributed by atoms with Gasteiger partial charge in [0.05, 0.1) is 11.7 Å². The Balaban J connectivity index is 0.00000220. The highest BCUT2D eigenvalue weighted by Gasteiger charge is 2.23. The average Bonchev–Trinajstić information content (AvgIpc) is 2.73. The fraction of sp³-hybridized carbons (Fsp3) is 0.286. The number of carboxylic acids is 1. The Bertz CT molecular complexity index is 628. The van der Waals surface area contributed by atoms with Crippen LogP contribution in [0.15, 0.2) is 24.3 Å². The van der Waals surface area contributed by atoms with Crippen LogP contribution in [0.5, 0.6) is 0 Å². The number of aromatic carboxylic acids is 1. The summed E-state index contributed by atoms with van der Waals surface area (Å²) in [7, 11) is 3.76. The van der Waals surface area contributed by atoms with E-state index in [1.54, 1.807) is 19.1 Å². The number of hydrogen-bond donors (Lipinski definition) is 1. The second kappa shape index (κ2) is 6.98. The number of aromatic nitrogens is 1. The van der Waals surface area contributed by atoms with Gasteiger partial charge < -0.3 is 5.11 Å². The SMILES string of the molecule is Cc1nc(C(c2ccc(F)cc2)N(C)C)sc1C(=O)O.Cl. The van der Waals surface area contributed by atoms with Crippen molar-refractivity contribution in [3.8, 4) is 0 Å². The van der Waals surface area contributed by atoms with Gasteiger partial charge in [0.25, 0.3) is 0 Å². The third-order valence-corrected chi connectivity index (χ3v) is 4.14. The number of nitrogens with zero attached hydrogens (tertiary/aromatic N) is 2. The van der Waals surface area contributed by atoms with E-state index >= 15 is 0 Å². The van der Waals surface area contributed by atoms with E-state index < -0.39 is 5.97 Å². The molecule has 0 saturated carbocycles. The molecule has 0 aliphatic heterocycles. The Morgan fingerprint density at radius 1 is 1.33 bits per heavy atom. The van der Waals surface area contributed by atoms with Crippen molar-refractivity contribution < 1.29 is 14.3 Å². The molecule has 1 unspecified atom stereocenters. The van der Waals surface area contributed by atoms with Crippen LogP contribution in [0.3, 0.4) is 0 Å². The van der Waals surface area contributed by atoms with Crippen LogP contribution >= 0.6 is 23.7 Å². The fourth-order valence-electron chi connectivity index (χ4n) is 2.04. The van der Waals surface area contributed by atoms with Crippen LogP contribution in [0, 0.1) is 12.7 Å². The lowest BCUT2D eigenvalue weighted by atomic mass is 10.1. The van der Waals surface area contributed by atoms with Gasteiger partial charge in [-0.3, -0.25) is 4.90 Å². The molecule has 2 rings (SSSR count). The molecule has 114 valence electrons. The van der Waals surface area contributed by atoms with E-state index in [0.29, 0.717) is 10.7 Å². The molecule has 0 bridgehead atoms. The molecule has 0 spiro atoms. The zero-order valence-electron chi connectivity index (χ0n) is 11.8. The average molecular weight is 331 g/mol. The number of benzene rings is 1. The van der Waals surface area contributed by atoms with Gasteiger partial charge in [-0.1, -0.05) is 12.1 Å². The summed E-state index contributed by atoms with van der Waals surface area (Å²) in [5, 5.41) is 9.80. The predicted molar refractivity (Wildman–Crippen MR) is 83.0 cm³/mol. The smallest absolute Gasteiger partial charge is 0.347 e. The quantitative estimate of drug-likeness (QED) is 0.934. The summed E-state index contributed by atoms with van der Waals surface area (Å²) >= 11 is 1.16. The molecule has 1 heterocycles. The Labute approximate surface area is 132 Å². The molecular formula is C14H16ClFN2O2S. The van der Waals surface area contributed by atoms with Gasteiger partial charge in [0.15, 0.2) is 0 Å². The van der Waals surface area contributed by atoms with E-state index in [0.717, 1.165) is 16.9 Å². The molecule has 0 saturated heterocycles. The van der Waals surface area contributed by atoms with Crippen LogP contribution in [-0.4, -0.2) is 35.1 Å². The highest BCUT2D eigenvalue weighted by molar-refractivity contribution is 7.13. The lowest BCUT2D eigenvalue weighted by molar-refractivity contribution is 0.0701. The first kappa shape index (κ1) is 17.6. The Kier molecular flexibility index (Phi) is 5.83. The topological polar surface area (TPSA) is 53.4 Å². The largest absolute Gasteiger partial charge is 0.477 e. The zero-order chi connectivity index (χ0) is 14.9. The lowest BCUT2D eigenvalue weighted by Crippen LogP contribution is -2.21. The van der Waals surface area contributed by atoms with E-state index in [9.17, 15) is 9.18 Å². The molecule has 0 amide bonds. The Morgan fingerprint density at radius 3 is 2.33 bits per heavy atom. The summed E-state index contributed by atoms with van der Waals surface area (Å²) in [4.78, 5) is 17.6. The highest BCUT2D eigenvalue weighted by Crippen LogP contribution is 2.31. The number of rotatable bonds is 4. The van der Waals surface area contributed by atoms with E-state index in [1.165, 1.54) is 12.1 Å². The van der Waals surface area contributed by atoms with Crippen LogP contribution in [0.25, 0.3) is 0 Å². The minimum Gasteiger partial charge on any atom is -0.477 e. The van der Waals surface area contributed by atoms with Crippen molar-refractivity contribution in [2.75, 3.05) is 14.1 Å². The van der Waals surface area contributed by atoms with Crippen molar-refractivity contribution >= 4 is 29.7 Å². The third-order valence-electron chi connectivity index (χ3n) is 2.94. The summed E-state index contributed by atoms with van der Waals surface area (Å²) < 4.78 is 13.0. The van der Waals surface area contributed by atoms with Crippen molar-refractivity contribution in [3.63, 3.8) is 0 Å². The van der Waals surface area contributed by atoms with Gasteiger partial charge in [0.1, 0.15) is 15.7 Å². The van der Waals surface area contributed by atoms with E-state index in [4.69, 9.17) is 5.11 Å². The van der Waals surface area contributed by atoms with Crippen molar-refractivity contribution in [2.45, 2.75) is 13.0 Å². The number of carbonyl (C=O) groups is 1. The molecule has 0 radical (unpaired) electrons. The Morgan fingerprint density at radius 2 is 1.90 bits per heavy atom. The van der Waals surface area contributed by atoms with Crippen LogP contribution in [0.1, 0.15) is 32.0 Å². The summed E-state index contributed by atoms with van der Waals surface area (Å²) in [6.07, 6.45) is 0. The van der Waals surface area contributed by atoms with Gasteiger partial charge in [-0.2, -0.15) is 0 Å². The third kappa shape index (κ3) is 3.78. The summed E-state index contributed by atoms with van der Waals surface area (Å²) in [5.74, 6) is -1.27. The molecule has 1 aromatic carbocycles. The van der Waals surface area contributed by atoms with Crippen LogP contribution in [-0.2, 0) is 0 Å². The monoisotopic (exact) mass is 330 g/mol. The molecule has 0 fully saturated rings. The number of halogens is 2. The minimum atomic E-state index is -0.970. The molecule has 2 aromatic rings. The highest BCUT2D eigenvalue weighted by atomic mass is 35.5. The van der Waals surface area contributed by atoms with Gasteiger partial charge in [-0.15, -0.1) is 23.7 Å². The second-order valence-electron chi connectivity index (χ2n) is 4.69. The van der Waals surface area contributed by atoms with Crippen LogP contribution in [0.2, 0.25) is 0 Å². The fourth-order valence-corrected chi connectivity index (χ4v) is 3.17. The molecule has 1 atom stereocenters. The lowest BCUT2D eigenvalue weighted by Gasteiger charge is -2.22. The number of aryl methyl sites for hydroxylation is 1. The molecule has 1 N–H and O–H groups in total. The molecule has 0 aliphatic carbocycles. The van der Waals surface area contributed by atoms with Gasteiger partial charge in [0, 0.05) is 0 Å². The van der Waals surface area contributed by atoms with Gasteiger partial charge in [0.2, 0.25) is 0 Å². The second-order valence-corrected chi connectivity index (χ2v) is 5.72. The van der Waals surface area contributed by atoms with Crippen LogP contribution < -0.4 is 0 Å². The van der Waals surface area contributed by atoms with Crippen molar-refractivity contribution in [1.82, 2.24) is 9.88 Å². The zero-order valence-corrected chi connectivity index (χ0v) is 13.5. The van der Waals surface area contributed by atoms with E-state index in [-0.39, 0.29) is 29.1 Å². The summed E-state index contributed by atoms with van der Waals surface area (Å²) in [6.45, 7) is 1.68. The first-order valence-electron chi connectivity index (χ1n) is 6.02. The first-order valence-corrected chi connectivity index (χ1v) is 6.84. The molecule has 7 heteroatoms.